The largest absolute Gasteiger partial charge is 0.462 e. The van der Waals surface area contributed by atoms with Crippen molar-refractivity contribution in [2.75, 3.05) is 40.1 Å². The molecular formula is C32H84O8Si3. The normalized spacial score (nSPS) is 11.0. The molecule has 0 radical (unpaired) electrons. The summed E-state index contributed by atoms with van der Waals surface area (Å²) in [5, 5.41) is 9.14. The second-order valence-electron chi connectivity index (χ2n) is 10.1. The van der Waals surface area contributed by atoms with Crippen LogP contribution in [0.15, 0.2) is 12.2 Å². The van der Waals surface area contributed by atoms with Crippen molar-refractivity contribution >= 4 is 38.0 Å². The van der Waals surface area contributed by atoms with Gasteiger partial charge in [0.1, 0.15) is 6.79 Å². The van der Waals surface area contributed by atoms with Gasteiger partial charge in [0.2, 0.25) is 0 Å². The van der Waals surface area contributed by atoms with Gasteiger partial charge in [0.05, 0.1) is 19.8 Å². The molecule has 0 rings (SSSR count). The molecule has 1 unspecified atom stereocenters. The smallest absolute Gasteiger partial charge is 0.333 e. The SMILES string of the molecule is C.C.C.C.C.C.C.C.C=C(C)C(=O)OCCC[Si](C)(C)O[Si](C)(CCCCCO)O[Si](C)(C)CCCOCCOC.C=O. The molecule has 0 spiro atoms. The van der Waals surface area contributed by atoms with E-state index in [0.29, 0.717) is 25.4 Å². The van der Waals surface area contributed by atoms with Crippen LogP contribution in [-0.4, -0.2) is 83.2 Å². The van der Waals surface area contributed by atoms with Crippen molar-refractivity contribution < 1.29 is 37.1 Å². The number of carbonyl (C=O) groups excluding carboxylic acids is 2. The van der Waals surface area contributed by atoms with E-state index in [2.05, 4.69) is 39.3 Å². The third kappa shape index (κ3) is 41.3. The molecule has 1 N–H and O–H groups in total. The highest BCUT2D eigenvalue weighted by Crippen LogP contribution is 2.30. The van der Waals surface area contributed by atoms with Gasteiger partial charge < -0.3 is 32.3 Å². The number of carbonyl (C=O) groups is 2. The summed E-state index contributed by atoms with van der Waals surface area (Å²) in [6.07, 6.45) is 4.58. The number of aliphatic hydroxyl groups is 1. The van der Waals surface area contributed by atoms with Crippen molar-refractivity contribution in [1.29, 1.82) is 0 Å². The van der Waals surface area contributed by atoms with E-state index in [1.54, 1.807) is 14.0 Å². The predicted molar refractivity (Wildman–Crippen MR) is 203 cm³/mol. The number of rotatable bonds is 21. The molecule has 0 aromatic rings. The lowest BCUT2D eigenvalue weighted by Crippen LogP contribution is -2.54. The van der Waals surface area contributed by atoms with Crippen molar-refractivity contribution in [3.63, 3.8) is 0 Å². The summed E-state index contributed by atoms with van der Waals surface area (Å²) in [4.78, 5) is 19.6. The highest BCUT2D eigenvalue weighted by molar-refractivity contribution is 6.88. The molecule has 0 aliphatic rings. The molecule has 0 bridgehead atoms. The minimum absolute atomic E-state index is 0. The topological polar surface area (TPSA) is 101 Å². The van der Waals surface area contributed by atoms with E-state index < -0.39 is 25.2 Å². The van der Waals surface area contributed by atoms with Gasteiger partial charge in [-0.05, 0) is 77.1 Å². The predicted octanol–water partition coefficient (Wildman–Crippen LogP) is 10.1. The average molecular weight is 681 g/mol. The van der Waals surface area contributed by atoms with Gasteiger partial charge >= 0.3 is 14.5 Å². The van der Waals surface area contributed by atoms with Crippen LogP contribution in [0.5, 0.6) is 0 Å². The average Bonchev–Trinajstić information content (AvgIpc) is 2.77. The fourth-order valence-electron chi connectivity index (χ4n) is 3.76. The maximum absolute atomic E-state index is 11.6. The maximum atomic E-state index is 11.6. The van der Waals surface area contributed by atoms with Crippen LogP contribution in [0.3, 0.4) is 0 Å². The fourth-order valence-corrected chi connectivity index (χ4v) is 18.2. The Morgan fingerprint density at radius 3 is 1.49 bits per heavy atom. The standard InChI is InChI=1S/C23H50O7Si3.CH2O.8CH4/c1-22(2)23(25)28-16-13-20-32(6,7)30-33(8,21-11-9-10-14-24)29-31(4,5)19-12-15-27-18-17-26-3;1-2;;;;;;;;/h24H,1,9-21H2,2-8H3;1H2;8*1H4. The second-order valence-corrected chi connectivity index (χ2v) is 22.6. The Labute approximate surface area is 276 Å². The molecule has 272 valence electrons. The number of hydrogen-bond donors (Lipinski definition) is 1. The van der Waals surface area contributed by atoms with Crippen LogP contribution >= 0.6 is 0 Å². The summed E-state index contributed by atoms with van der Waals surface area (Å²) in [7, 11) is -4.64. The Hall–Kier alpha value is -0.669. The van der Waals surface area contributed by atoms with Gasteiger partial charge in [-0.1, -0.05) is 78.8 Å². The first kappa shape index (κ1) is 69.2. The van der Waals surface area contributed by atoms with Gasteiger partial charge in [-0.25, -0.2) is 4.79 Å². The quantitative estimate of drug-likeness (QED) is 0.0553. The van der Waals surface area contributed by atoms with Crippen LogP contribution in [0.1, 0.15) is 98.4 Å². The van der Waals surface area contributed by atoms with Gasteiger partial charge in [-0.15, -0.1) is 0 Å². The Balaban J connectivity index is -0.000000133. The highest BCUT2D eigenvalue weighted by atomic mass is 28.5. The molecule has 43 heavy (non-hydrogen) atoms. The number of methoxy groups -OCH3 is 1. The van der Waals surface area contributed by atoms with Gasteiger partial charge in [0, 0.05) is 25.9 Å². The number of esters is 1. The summed E-state index contributed by atoms with van der Waals surface area (Å²) < 4.78 is 29.7. The van der Waals surface area contributed by atoms with Crippen molar-refractivity contribution in [2.24, 2.45) is 0 Å². The highest BCUT2D eigenvalue weighted by Gasteiger charge is 2.42. The zero-order valence-electron chi connectivity index (χ0n) is 23.4. The van der Waals surface area contributed by atoms with E-state index in [-0.39, 0.29) is 72.0 Å². The molecule has 0 aliphatic carbocycles. The number of ether oxygens (including phenoxy) is 3. The Morgan fingerprint density at radius 2 is 1.09 bits per heavy atom. The van der Waals surface area contributed by atoms with Gasteiger partial charge in [0.25, 0.3) is 0 Å². The van der Waals surface area contributed by atoms with E-state index in [0.717, 1.165) is 56.8 Å². The lowest BCUT2D eigenvalue weighted by molar-refractivity contribution is -0.138. The number of unbranched alkanes of at least 4 members (excludes halogenated alkanes) is 2. The maximum Gasteiger partial charge on any atom is 0.333 e. The third-order valence-electron chi connectivity index (χ3n) is 5.28. The van der Waals surface area contributed by atoms with Crippen molar-refractivity contribution in [3.8, 4) is 0 Å². The first-order chi connectivity index (χ1) is 16.4. The Bertz CT molecular complexity index is 579. The zero-order chi connectivity index (χ0) is 27.4. The molecule has 0 heterocycles. The molecule has 8 nitrogen and oxygen atoms in total. The number of aliphatic hydroxyl groups excluding tert-OH is 1. The first-order valence-electron chi connectivity index (χ1n) is 12.6. The minimum Gasteiger partial charge on any atom is -0.462 e. The zero-order valence-corrected chi connectivity index (χ0v) is 26.4. The third-order valence-corrected chi connectivity index (χ3v) is 17.5. The molecule has 1 atom stereocenters. The summed E-state index contributed by atoms with van der Waals surface area (Å²) in [6, 6.07) is 2.88. The van der Waals surface area contributed by atoms with Crippen LogP contribution in [-0.2, 0) is 32.0 Å². The molecule has 0 saturated carbocycles. The van der Waals surface area contributed by atoms with Crippen LogP contribution < -0.4 is 0 Å². The first-order valence-corrected chi connectivity index (χ1v) is 21.3. The van der Waals surface area contributed by atoms with Crippen molar-refractivity contribution in [3.05, 3.63) is 12.2 Å². The van der Waals surface area contributed by atoms with Gasteiger partial charge in [-0.3, -0.25) is 0 Å². The molecular weight excluding hydrogens is 597 g/mol. The molecule has 11 heteroatoms. The monoisotopic (exact) mass is 681 g/mol. The molecule has 0 aromatic carbocycles. The van der Waals surface area contributed by atoms with E-state index in [4.69, 9.17) is 32.3 Å². The van der Waals surface area contributed by atoms with Crippen LogP contribution in [0.2, 0.25) is 50.9 Å². The van der Waals surface area contributed by atoms with E-state index in [1.165, 1.54) is 0 Å². The van der Waals surface area contributed by atoms with Crippen molar-refractivity contribution in [2.45, 2.75) is 149 Å². The summed E-state index contributed by atoms with van der Waals surface area (Å²) >= 11 is 0. The molecule has 0 aliphatic heterocycles. The van der Waals surface area contributed by atoms with E-state index in [1.807, 2.05) is 6.79 Å². The lowest BCUT2D eigenvalue weighted by atomic mass is 10.3. The summed E-state index contributed by atoms with van der Waals surface area (Å²) in [5.74, 6) is -0.333. The van der Waals surface area contributed by atoms with Crippen molar-refractivity contribution in [1.82, 2.24) is 0 Å². The molecule has 0 saturated heterocycles. The van der Waals surface area contributed by atoms with Gasteiger partial charge in [0.15, 0.2) is 16.6 Å². The van der Waals surface area contributed by atoms with Crippen LogP contribution in [0, 0.1) is 0 Å². The van der Waals surface area contributed by atoms with E-state index in [9.17, 15) is 4.79 Å². The molecule has 0 aromatic heterocycles. The summed E-state index contributed by atoms with van der Waals surface area (Å²) in [5.41, 5.74) is 0.426. The van der Waals surface area contributed by atoms with Crippen LogP contribution in [0.4, 0.5) is 0 Å². The molecule has 0 amide bonds. The van der Waals surface area contributed by atoms with Gasteiger partial charge in [-0.2, -0.15) is 0 Å². The Kier molecular flexibility index (Phi) is 63.3. The lowest BCUT2D eigenvalue weighted by Gasteiger charge is -2.41. The second kappa shape index (κ2) is 39.4. The number of hydrogen-bond acceptors (Lipinski definition) is 8. The fraction of sp³-hybridized carbons (Fsp3) is 0.875. The Morgan fingerprint density at radius 1 is 0.651 bits per heavy atom. The van der Waals surface area contributed by atoms with Crippen LogP contribution in [0.25, 0.3) is 0 Å². The minimum atomic E-state index is -2.39. The van der Waals surface area contributed by atoms with E-state index >= 15 is 0 Å². The summed E-state index contributed by atoms with van der Waals surface area (Å²) in [6.45, 7) is 21.1. The molecule has 0 fully saturated rings.